The van der Waals surface area contributed by atoms with Crippen LogP contribution in [0, 0.1) is 0 Å². The van der Waals surface area contributed by atoms with Crippen LogP contribution in [0.2, 0.25) is 5.15 Å². The Morgan fingerprint density at radius 2 is 2.42 bits per heavy atom. The summed E-state index contributed by atoms with van der Waals surface area (Å²) < 4.78 is 5.47. The number of ether oxygens (including phenoxy) is 1. The SMILES string of the molecule is Clc1cccc(C2CCCO2)n1. The highest BCUT2D eigenvalue weighted by atomic mass is 35.5. The van der Waals surface area contributed by atoms with Gasteiger partial charge in [0.25, 0.3) is 0 Å². The van der Waals surface area contributed by atoms with Gasteiger partial charge in [0.05, 0.1) is 11.8 Å². The van der Waals surface area contributed by atoms with E-state index in [0.29, 0.717) is 5.15 Å². The van der Waals surface area contributed by atoms with Crippen LogP contribution in [0.5, 0.6) is 0 Å². The van der Waals surface area contributed by atoms with Crippen molar-refractivity contribution in [2.24, 2.45) is 0 Å². The first-order valence-electron chi connectivity index (χ1n) is 4.10. The van der Waals surface area contributed by atoms with Crippen molar-refractivity contribution in [2.45, 2.75) is 18.9 Å². The van der Waals surface area contributed by atoms with Crippen LogP contribution in [-0.4, -0.2) is 11.6 Å². The van der Waals surface area contributed by atoms with Gasteiger partial charge in [-0.25, -0.2) is 4.98 Å². The summed E-state index contributed by atoms with van der Waals surface area (Å²) in [6.45, 7) is 0.846. The molecule has 2 nitrogen and oxygen atoms in total. The van der Waals surface area contributed by atoms with E-state index in [9.17, 15) is 0 Å². The molecule has 0 radical (unpaired) electrons. The topological polar surface area (TPSA) is 22.1 Å². The molecule has 2 rings (SSSR count). The Hall–Kier alpha value is -0.600. The molecule has 3 heteroatoms. The van der Waals surface area contributed by atoms with E-state index in [2.05, 4.69) is 4.98 Å². The monoisotopic (exact) mass is 183 g/mol. The van der Waals surface area contributed by atoms with Crippen LogP contribution in [-0.2, 0) is 4.74 Å². The van der Waals surface area contributed by atoms with Crippen LogP contribution in [0.25, 0.3) is 0 Å². The second-order valence-electron chi connectivity index (χ2n) is 2.89. The molecule has 0 spiro atoms. The van der Waals surface area contributed by atoms with Crippen molar-refractivity contribution in [1.82, 2.24) is 4.98 Å². The molecule has 1 aliphatic rings. The Balaban J connectivity index is 2.21. The maximum absolute atomic E-state index is 5.76. The lowest BCUT2D eigenvalue weighted by atomic mass is 10.2. The zero-order valence-corrected chi connectivity index (χ0v) is 7.42. The molecule has 1 aromatic heterocycles. The number of halogens is 1. The quantitative estimate of drug-likeness (QED) is 0.625. The summed E-state index contributed by atoms with van der Waals surface area (Å²) in [4.78, 5) is 4.20. The van der Waals surface area contributed by atoms with E-state index in [1.54, 1.807) is 6.07 Å². The molecule has 1 saturated heterocycles. The normalized spacial score (nSPS) is 22.9. The van der Waals surface area contributed by atoms with Gasteiger partial charge in [-0.2, -0.15) is 0 Å². The highest BCUT2D eigenvalue weighted by Crippen LogP contribution is 2.27. The zero-order valence-electron chi connectivity index (χ0n) is 6.66. The third-order valence-electron chi connectivity index (χ3n) is 2.00. The maximum atomic E-state index is 5.76. The molecule has 1 atom stereocenters. The van der Waals surface area contributed by atoms with Crippen molar-refractivity contribution < 1.29 is 4.74 Å². The van der Waals surface area contributed by atoms with Gasteiger partial charge in [0.1, 0.15) is 5.15 Å². The summed E-state index contributed by atoms with van der Waals surface area (Å²) in [7, 11) is 0. The molecule has 0 aromatic carbocycles. The first kappa shape index (κ1) is 8.02. The van der Waals surface area contributed by atoms with Crippen LogP contribution in [0.4, 0.5) is 0 Å². The summed E-state index contributed by atoms with van der Waals surface area (Å²) in [5.74, 6) is 0. The first-order chi connectivity index (χ1) is 5.86. The van der Waals surface area contributed by atoms with Gasteiger partial charge >= 0.3 is 0 Å². The van der Waals surface area contributed by atoms with E-state index >= 15 is 0 Å². The summed E-state index contributed by atoms with van der Waals surface area (Å²) in [5, 5.41) is 0.544. The summed E-state index contributed by atoms with van der Waals surface area (Å²) in [5.41, 5.74) is 0.958. The Bertz CT molecular complexity index is 271. The number of hydrogen-bond acceptors (Lipinski definition) is 2. The molecule has 1 aliphatic heterocycles. The zero-order chi connectivity index (χ0) is 8.39. The number of hydrogen-bond donors (Lipinski definition) is 0. The Morgan fingerprint density at radius 3 is 3.08 bits per heavy atom. The molecule has 64 valence electrons. The van der Waals surface area contributed by atoms with Gasteiger partial charge in [-0.15, -0.1) is 0 Å². The van der Waals surface area contributed by atoms with Crippen LogP contribution < -0.4 is 0 Å². The molecule has 0 saturated carbocycles. The predicted molar refractivity (Wildman–Crippen MR) is 47.2 cm³/mol. The van der Waals surface area contributed by atoms with Crippen molar-refractivity contribution in [3.63, 3.8) is 0 Å². The average molecular weight is 184 g/mol. The lowest BCUT2D eigenvalue weighted by Gasteiger charge is -2.07. The lowest BCUT2D eigenvalue weighted by Crippen LogP contribution is -1.98. The highest BCUT2D eigenvalue weighted by Gasteiger charge is 2.18. The van der Waals surface area contributed by atoms with E-state index in [1.165, 1.54) is 0 Å². The summed E-state index contributed by atoms with van der Waals surface area (Å²) >= 11 is 5.76. The first-order valence-corrected chi connectivity index (χ1v) is 4.48. The van der Waals surface area contributed by atoms with Crippen LogP contribution in [0.15, 0.2) is 18.2 Å². The van der Waals surface area contributed by atoms with Gasteiger partial charge in [0.15, 0.2) is 0 Å². The van der Waals surface area contributed by atoms with Gasteiger partial charge in [-0.1, -0.05) is 17.7 Å². The van der Waals surface area contributed by atoms with Gasteiger partial charge in [0.2, 0.25) is 0 Å². The standard InChI is InChI=1S/C9H10ClNO/c10-9-5-1-3-7(11-9)8-4-2-6-12-8/h1,3,5,8H,2,4,6H2. The minimum Gasteiger partial charge on any atom is -0.372 e. The van der Waals surface area contributed by atoms with Gasteiger partial charge in [-0.05, 0) is 25.0 Å². The molecular formula is C9H10ClNO. The van der Waals surface area contributed by atoms with Crippen LogP contribution in [0.1, 0.15) is 24.6 Å². The fourth-order valence-electron chi connectivity index (χ4n) is 1.41. The van der Waals surface area contributed by atoms with Gasteiger partial charge in [-0.3, -0.25) is 0 Å². The number of nitrogens with zero attached hydrogens (tertiary/aromatic N) is 1. The minimum absolute atomic E-state index is 0.170. The third kappa shape index (κ3) is 1.59. The Labute approximate surface area is 76.5 Å². The van der Waals surface area contributed by atoms with Crippen molar-refractivity contribution in [3.8, 4) is 0 Å². The average Bonchev–Trinajstić information content (AvgIpc) is 2.56. The summed E-state index contributed by atoms with van der Waals surface area (Å²) in [6.07, 6.45) is 2.36. The summed E-state index contributed by atoms with van der Waals surface area (Å²) in [6, 6.07) is 5.65. The highest BCUT2D eigenvalue weighted by molar-refractivity contribution is 6.29. The molecule has 0 amide bonds. The third-order valence-corrected chi connectivity index (χ3v) is 2.21. The second kappa shape index (κ2) is 3.42. The van der Waals surface area contributed by atoms with Gasteiger partial charge < -0.3 is 4.74 Å². The van der Waals surface area contributed by atoms with E-state index in [-0.39, 0.29) is 6.10 Å². The molecule has 0 N–H and O–H groups in total. The van der Waals surface area contributed by atoms with Crippen molar-refractivity contribution in [3.05, 3.63) is 29.0 Å². The van der Waals surface area contributed by atoms with Crippen molar-refractivity contribution in [2.75, 3.05) is 6.61 Å². The molecule has 1 aromatic rings. The van der Waals surface area contributed by atoms with Crippen molar-refractivity contribution in [1.29, 1.82) is 0 Å². The molecule has 1 fully saturated rings. The second-order valence-corrected chi connectivity index (χ2v) is 3.27. The number of rotatable bonds is 1. The predicted octanol–water partition coefficient (Wildman–Crippen LogP) is 2.59. The molecule has 0 bridgehead atoms. The Morgan fingerprint density at radius 1 is 1.50 bits per heavy atom. The largest absolute Gasteiger partial charge is 0.372 e. The van der Waals surface area contributed by atoms with E-state index in [0.717, 1.165) is 25.1 Å². The van der Waals surface area contributed by atoms with E-state index < -0.39 is 0 Å². The molecular weight excluding hydrogens is 174 g/mol. The maximum Gasteiger partial charge on any atom is 0.129 e. The lowest BCUT2D eigenvalue weighted by molar-refractivity contribution is 0.108. The minimum atomic E-state index is 0.170. The van der Waals surface area contributed by atoms with Crippen LogP contribution in [0.3, 0.4) is 0 Å². The fourth-order valence-corrected chi connectivity index (χ4v) is 1.58. The smallest absolute Gasteiger partial charge is 0.129 e. The molecule has 2 heterocycles. The van der Waals surface area contributed by atoms with E-state index in [4.69, 9.17) is 16.3 Å². The molecule has 0 aliphatic carbocycles. The van der Waals surface area contributed by atoms with Crippen LogP contribution >= 0.6 is 11.6 Å². The van der Waals surface area contributed by atoms with Gasteiger partial charge in [0, 0.05) is 6.61 Å². The van der Waals surface area contributed by atoms with E-state index in [1.807, 2.05) is 12.1 Å². The Kier molecular flexibility index (Phi) is 2.28. The fraction of sp³-hybridized carbons (Fsp3) is 0.444. The molecule has 12 heavy (non-hydrogen) atoms. The van der Waals surface area contributed by atoms with Crippen molar-refractivity contribution >= 4 is 11.6 Å². The number of aromatic nitrogens is 1. The molecule has 1 unspecified atom stereocenters. The number of pyridine rings is 1.